The smallest absolute Gasteiger partial charge is 0.287 e. The molecule has 1 aromatic carbocycles. The Morgan fingerprint density at radius 1 is 1.52 bits per heavy atom. The molecule has 0 aliphatic heterocycles. The van der Waals surface area contributed by atoms with Gasteiger partial charge in [-0.15, -0.1) is 0 Å². The number of nitrogens with one attached hydrogen (secondary N) is 2. The molecule has 2 aromatic heterocycles. The van der Waals surface area contributed by atoms with Crippen molar-refractivity contribution in [2.75, 3.05) is 0 Å². The molecule has 2 N–H and O–H groups in total. The fourth-order valence-electron chi connectivity index (χ4n) is 2.03. The minimum Gasteiger partial charge on any atom is -0.345 e. The van der Waals surface area contributed by atoms with E-state index in [1.807, 2.05) is 6.92 Å². The van der Waals surface area contributed by atoms with Gasteiger partial charge in [-0.2, -0.15) is 5.10 Å². The van der Waals surface area contributed by atoms with Gasteiger partial charge in [0.05, 0.1) is 17.6 Å². The summed E-state index contributed by atoms with van der Waals surface area (Å²) in [6.07, 6.45) is 3.01. The van der Waals surface area contributed by atoms with E-state index >= 15 is 0 Å². The second-order valence-electron chi connectivity index (χ2n) is 4.74. The lowest BCUT2D eigenvalue weighted by Gasteiger charge is -2.12. The zero-order valence-electron chi connectivity index (χ0n) is 11.2. The fraction of sp³-hybridized carbons (Fsp3) is 0.231. The average molecular weight is 288 g/mol. The first-order valence-electron chi connectivity index (χ1n) is 6.40. The molecular formula is C13H13FN6O. The Morgan fingerprint density at radius 2 is 2.38 bits per heavy atom. The molecule has 0 bridgehead atoms. The fourth-order valence-corrected chi connectivity index (χ4v) is 2.03. The summed E-state index contributed by atoms with van der Waals surface area (Å²) in [7, 11) is 0. The van der Waals surface area contributed by atoms with Crippen molar-refractivity contribution in [1.29, 1.82) is 0 Å². The lowest BCUT2D eigenvalue weighted by atomic mass is 10.3. The Bertz CT molecular complexity index is 766. The number of carbonyl (C=O) groups is 1. The molecule has 0 fully saturated rings. The van der Waals surface area contributed by atoms with Crippen LogP contribution < -0.4 is 5.32 Å². The molecule has 8 heteroatoms. The number of imidazole rings is 1. The molecule has 3 aromatic rings. The van der Waals surface area contributed by atoms with Crippen LogP contribution in [0.4, 0.5) is 4.39 Å². The maximum atomic E-state index is 13.1. The van der Waals surface area contributed by atoms with Crippen LogP contribution in [0.3, 0.4) is 0 Å². The number of hydrogen-bond acceptors (Lipinski definition) is 4. The molecule has 3 rings (SSSR count). The Hall–Kier alpha value is -2.77. The summed E-state index contributed by atoms with van der Waals surface area (Å²) in [5.74, 6) is -0.571. The standard InChI is InChI=1S/C13H13FN6O/c1-8(5-20-7-15-6-16-20)17-13(21)12-18-10-3-2-9(14)4-11(10)19-12/h2-4,6-8H,5H2,1H3,(H,17,21)(H,18,19). The van der Waals surface area contributed by atoms with E-state index < -0.39 is 0 Å². The molecule has 1 atom stereocenters. The van der Waals surface area contributed by atoms with Crippen molar-refractivity contribution in [2.45, 2.75) is 19.5 Å². The van der Waals surface area contributed by atoms with Crippen LogP contribution >= 0.6 is 0 Å². The third kappa shape index (κ3) is 2.88. The molecule has 21 heavy (non-hydrogen) atoms. The van der Waals surface area contributed by atoms with Crippen molar-refractivity contribution in [3.63, 3.8) is 0 Å². The molecule has 0 saturated carbocycles. The van der Waals surface area contributed by atoms with Crippen LogP contribution in [0.1, 0.15) is 17.5 Å². The van der Waals surface area contributed by atoms with Gasteiger partial charge in [0.1, 0.15) is 18.5 Å². The Kier molecular flexibility index (Phi) is 3.35. The highest BCUT2D eigenvalue weighted by molar-refractivity contribution is 5.94. The average Bonchev–Trinajstić information content (AvgIpc) is 3.06. The van der Waals surface area contributed by atoms with Gasteiger partial charge in [0.15, 0.2) is 5.82 Å². The van der Waals surface area contributed by atoms with E-state index in [0.29, 0.717) is 17.6 Å². The Labute approximate surface area is 119 Å². The van der Waals surface area contributed by atoms with E-state index in [0.717, 1.165) is 0 Å². The molecule has 0 spiro atoms. The number of benzene rings is 1. The van der Waals surface area contributed by atoms with E-state index in [9.17, 15) is 9.18 Å². The first-order chi connectivity index (χ1) is 10.1. The van der Waals surface area contributed by atoms with E-state index in [2.05, 4.69) is 25.4 Å². The highest BCUT2D eigenvalue weighted by Gasteiger charge is 2.14. The van der Waals surface area contributed by atoms with Crippen LogP contribution in [0.2, 0.25) is 0 Å². The SMILES string of the molecule is CC(Cn1cncn1)NC(=O)c1nc2ccc(F)cc2[nH]1. The highest BCUT2D eigenvalue weighted by atomic mass is 19.1. The van der Waals surface area contributed by atoms with E-state index in [4.69, 9.17) is 0 Å². The second kappa shape index (κ2) is 5.31. The molecule has 0 radical (unpaired) electrons. The molecule has 7 nitrogen and oxygen atoms in total. The van der Waals surface area contributed by atoms with Crippen molar-refractivity contribution in [3.8, 4) is 0 Å². The summed E-state index contributed by atoms with van der Waals surface area (Å²) in [5.41, 5.74) is 1.04. The third-order valence-electron chi connectivity index (χ3n) is 2.96. The summed E-state index contributed by atoms with van der Waals surface area (Å²) in [6.45, 7) is 2.35. The van der Waals surface area contributed by atoms with Gasteiger partial charge >= 0.3 is 0 Å². The minimum absolute atomic E-state index is 0.149. The summed E-state index contributed by atoms with van der Waals surface area (Å²) in [4.78, 5) is 22.9. The van der Waals surface area contributed by atoms with Gasteiger partial charge in [-0.05, 0) is 25.1 Å². The number of fused-ring (bicyclic) bond motifs is 1. The van der Waals surface area contributed by atoms with E-state index in [1.165, 1.54) is 24.5 Å². The summed E-state index contributed by atoms with van der Waals surface area (Å²) >= 11 is 0. The lowest BCUT2D eigenvalue weighted by Crippen LogP contribution is -2.36. The number of rotatable bonds is 4. The van der Waals surface area contributed by atoms with Gasteiger partial charge in [0.25, 0.3) is 5.91 Å². The molecule has 0 aliphatic carbocycles. The predicted octanol–water partition coefficient (Wildman–Crippen LogP) is 1.11. The van der Waals surface area contributed by atoms with Gasteiger partial charge < -0.3 is 10.3 Å². The highest BCUT2D eigenvalue weighted by Crippen LogP contribution is 2.12. The lowest BCUT2D eigenvalue weighted by molar-refractivity contribution is 0.0926. The van der Waals surface area contributed by atoms with Crippen molar-refractivity contribution in [2.24, 2.45) is 0 Å². The minimum atomic E-state index is -0.377. The van der Waals surface area contributed by atoms with Crippen LogP contribution in [-0.2, 0) is 6.54 Å². The molecule has 2 heterocycles. The van der Waals surface area contributed by atoms with Crippen molar-refractivity contribution in [3.05, 3.63) is 42.5 Å². The van der Waals surface area contributed by atoms with Crippen LogP contribution in [0.25, 0.3) is 11.0 Å². The first-order valence-corrected chi connectivity index (χ1v) is 6.40. The number of carbonyl (C=O) groups excluding carboxylic acids is 1. The van der Waals surface area contributed by atoms with Crippen LogP contribution in [0, 0.1) is 5.82 Å². The Morgan fingerprint density at radius 3 is 3.14 bits per heavy atom. The zero-order chi connectivity index (χ0) is 14.8. The third-order valence-corrected chi connectivity index (χ3v) is 2.96. The van der Waals surface area contributed by atoms with Crippen molar-refractivity contribution < 1.29 is 9.18 Å². The summed E-state index contributed by atoms with van der Waals surface area (Å²) < 4.78 is 14.7. The summed E-state index contributed by atoms with van der Waals surface area (Å²) in [5, 5.41) is 6.76. The molecule has 0 saturated heterocycles. The van der Waals surface area contributed by atoms with Crippen molar-refractivity contribution >= 4 is 16.9 Å². The molecule has 0 aliphatic rings. The predicted molar refractivity (Wildman–Crippen MR) is 73.0 cm³/mol. The van der Waals surface area contributed by atoms with Gasteiger partial charge in [-0.25, -0.2) is 14.4 Å². The quantitative estimate of drug-likeness (QED) is 0.752. The van der Waals surface area contributed by atoms with Crippen LogP contribution in [-0.4, -0.2) is 36.7 Å². The molecule has 1 unspecified atom stereocenters. The van der Waals surface area contributed by atoms with Gasteiger partial charge in [0.2, 0.25) is 0 Å². The van der Waals surface area contributed by atoms with E-state index in [1.54, 1.807) is 11.0 Å². The summed E-state index contributed by atoms with van der Waals surface area (Å²) in [6, 6.07) is 3.98. The maximum absolute atomic E-state index is 13.1. The number of halogens is 1. The number of hydrogen-bond donors (Lipinski definition) is 2. The van der Waals surface area contributed by atoms with Gasteiger partial charge in [-0.1, -0.05) is 0 Å². The molecule has 1 amide bonds. The topological polar surface area (TPSA) is 88.5 Å². The first kappa shape index (κ1) is 13.2. The number of aromatic amines is 1. The Balaban J connectivity index is 1.71. The second-order valence-corrected chi connectivity index (χ2v) is 4.74. The molecular weight excluding hydrogens is 275 g/mol. The van der Waals surface area contributed by atoms with Crippen LogP contribution in [0.5, 0.6) is 0 Å². The van der Waals surface area contributed by atoms with Gasteiger partial charge in [0, 0.05) is 6.04 Å². The largest absolute Gasteiger partial charge is 0.345 e. The number of H-pyrrole nitrogens is 1. The van der Waals surface area contributed by atoms with E-state index in [-0.39, 0.29) is 23.6 Å². The number of nitrogens with zero attached hydrogens (tertiary/aromatic N) is 4. The maximum Gasteiger partial charge on any atom is 0.287 e. The number of aromatic nitrogens is 5. The zero-order valence-corrected chi connectivity index (χ0v) is 11.2. The van der Waals surface area contributed by atoms with Crippen molar-refractivity contribution in [1.82, 2.24) is 30.0 Å². The normalized spacial score (nSPS) is 12.5. The van der Waals surface area contributed by atoms with Gasteiger partial charge in [-0.3, -0.25) is 9.48 Å². The monoisotopic (exact) mass is 288 g/mol. The van der Waals surface area contributed by atoms with Crippen LogP contribution in [0.15, 0.2) is 30.9 Å². The number of amides is 1. The molecule has 108 valence electrons.